The van der Waals surface area contributed by atoms with E-state index in [-0.39, 0.29) is 35.9 Å². The third-order valence-electron chi connectivity index (χ3n) is 4.84. The Labute approximate surface area is 158 Å². The third-order valence-corrected chi connectivity index (χ3v) is 4.84. The third kappa shape index (κ3) is 6.81. The van der Waals surface area contributed by atoms with E-state index >= 15 is 0 Å². The molecule has 5 nitrogen and oxygen atoms in total. The maximum absolute atomic E-state index is 12.5. The van der Waals surface area contributed by atoms with Gasteiger partial charge in [0.25, 0.3) is 0 Å². The fourth-order valence-electron chi connectivity index (χ4n) is 3.26. The normalized spacial score (nSPS) is 16.2. The molecule has 1 aromatic carbocycles. The molecule has 1 aliphatic rings. The lowest BCUT2D eigenvalue weighted by Crippen LogP contribution is -2.51. The fourth-order valence-corrected chi connectivity index (χ4v) is 3.26. The minimum absolute atomic E-state index is 0.00446. The minimum atomic E-state index is -2.87. The summed E-state index contributed by atoms with van der Waals surface area (Å²) in [4.78, 5) is 25.0. The molecule has 0 aliphatic heterocycles. The summed E-state index contributed by atoms with van der Waals surface area (Å²) in [6.45, 7) is 1.16. The van der Waals surface area contributed by atoms with Crippen LogP contribution in [0.15, 0.2) is 24.3 Å². The van der Waals surface area contributed by atoms with E-state index in [2.05, 4.69) is 15.4 Å². The molecule has 1 aliphatic carbocycles. The average Bonchev–Trinajstić information content (AvgIpc) is 2.65. The van der Waals surface area contributed by atoms with Crippen molar-refractivity contribution in [2.75, 3.05) is 0 Å². The molecule has 7 heteroatoms. The molecule has 1 unspecified atom stereocenters. The smallest absolute Gasteiger partial charge is 0.387 e. The molecule has 0 spiro atoms. The Kier molecular flexibility index (Phi) is 8.00. The number of rotatable bonds is 8. The first-order valence-electron chi connectivity index (χ1n) is 9.48. The number of nitrogens with one attached hydrogen (secondary N) is 2. The van der Waals surface area contributed by atoms with E-state index < -0.39 is 12.7 Å². The predicted molar refractivity (Wildman–Crippen MR) is 98.3 cm³/mol. The van der Waals surface area contributed by atoms with Crippen LogP contribution in [0, 0.1) is 11.8 Å². The molecule has 27 heavy (non-hydrogen) atoms. The van der Waals surface area contributed by atoms with Gasteiger partial charge in [0.15, 0.2) is 0 Å². The van der Waals surface area contributed by atoms with Crippen molar-refractivity contribution in [2.24, 2.45) is 11.8 Å². The van der Waals surface area contributed by atoms with Gasteiger partial charge in [0.2, 0.25) is 11.8 Å². The first-order chi connectivity index (χ1) is 12.9. The summed E-state index contributed by atoms with van der Waals surface area (Å²) in [7, 11) is 0. The van der Waals surface area contributed by atoms with Gasteiger partial charge in [-0.15, -0.1) is 0 Å². The van der Waals surface area contributed by atoms with Crippen LogP contribution in [0.5, 0.6) is 5.75 Å². The van der Waals surface area contributed by atoms with Crippen LogP contribution in [0.4, 0.5) is 8.78 Å². The number of benzene rings is 1. The van der Waals surface area contributed by atoms with E-state index in [1.165, 1.54) is 18.6 Å². The highest BCUT2D eigenvalue weighted by Gasteiger charge is 2.28. The van der Waals surface area contributed by atoms with Gasteiger partial charge in [0, 0.05) is 12.5 Å². The Morgan fingerprint density at radius 2 is 1.74 bits per heavy atom. The zero-order valence-corrected chi connectivity index (χ0v) is 15.8. The van der Waals surface area contributed by atoms with Crippen LogP contribution in [0.25, 0.3) is 0 Å². The maximum Gasteiger partial charge on any atom is 0.387 e. The Balaban J connectivity index is 1.87. The van der Waals surface area contributed by atoms with Crippen molar-refractivity contribution in [3.05, 3.63) is 29.8 Å². The van der Waals surface area contributed by atoms with Crippen LogP contribution in [0.1, 0.15) is 51.5 Å². The van der Waals surface area contributed by atoms with Gasteiger partial charge in [0.05, 0.1) is 0 Å². The van der Waals surface area contributed by atoms with E-state index in [0.29, 0.717) is 0 Å². The standard InChI is InChI=1S/C20H28F2N2O3/c1-13(2)17(24-18(25)15-6-4-3-5-7-15)19(26)23-12-14-8-10-16(11-9-14)27-20(21)22/h8-11,13,15,17,20H,3-7,12H2,1-2H3,(H,23,26)(H,24,25). The lowest BCUT2D eigenvalue weighted by Gasteiger charge is -2.26. The second kappa shape index (κ2) is 10.2. The number of halogens is 2. The molecule has 0 radical (unpaired) electrons. The molecule has 1 fully saturated rings. The van der Waals surface area contributed by atoms with Gasteiger partial charge in [-0.05, 0) is 36.5 Å². The minimum Gasteiger partial charge on any atom is -0.435 e. The maximum atomic E-state index is 12.5. The molecule has 150 valence electrons. The van der Waals surface area contributed by atoms with Crippen molar-refractivity contribution >= 4 is 11.8 Å². The van der Waals surface area contributed by atoms with E-state index in [4.69, 9.17) is 0 Å². The summed E-state index contributed by atoms with van der Waals surface area (Å²) < 4.78 is 28.6. The monoisotopic (exact) mass is 382 g/mol. The molecule has 1 saturated carbocycles. The van der Waals surface area contributed by atoms with Crippen LogP contribution in [-0.2, 0) is 16.1 Å². The fraction of sp³-hybridized carbons (Fsp3) is 0.600. The van der Waals surface area contributed by atoms with Gasteiger partial charge in [-0.25, -0.2) is 0 Å². The zero-order valence-electron chi connectivity index (χ0n) is 15.8. The highest BCUT2D eigenvalue weighted by Crippen LogP contribution is 2.24. The van der Waals surface area contributed by atoms with Gasteiger partial charge in [0.1, 0.15) is 11.8 Å². The number of carbonyl (C=O) groups excluding carboxylic acids is 2. The van der Waals surface area contributed by atoms with Crippen molar-refractivity contribution in [1.29, 1.82) is 0 Å². The molecule has 1 aromatic rings. The van der Waals surface area contributed by atoms with Crippen LogP contribution < -0.4 is 15.4 Å². The summed E-state index contributed by atoms with van der Waals surface area (Å²) in [5, 5.41) is 5.70. The Morgan fingerprint density at radius 1 is 1.11 bits per heavy atom. The van der Waals surface area contributed by atoms with Crippen LogP contribution >= 0.6 is 0 Å². The number of hydrogen-bond donors (Lipinski definition) is 2. The van der Waals surface area contributed by atoms with Gasteiger partial charge in [-0.3, -0.25) is 9.59 Å². The van der Waals surface area contributed by atoms with Gasteiger partial charge in [-0.2, -0.15) is 8.78 Å². The summed E-state index contributed by atoms with van der Waals surface area (Å²) in [5.74, 6) is -0.270. The number of alkyl halides is 2. The molecule has 1 atom stereocenters. The van der Waals surface area contributed by atoms with Crippen LogP contribution in [0.3, 0.4) is 0 Å². The SMILES string of the molecule is CC(C)C(NC(=O)C1CCCCC1)C(=O)NCc1ccc(OC(F)F)cc1. The van der Waals surface area contributed by atoms with Gasteiger partial charge in [-0.1, -0.05) is 45.2 Å². The van der Waals surface area contributed by atoms with Crippen molar-refractivity contribution in [3.8, 4) is 5.75 Å². The van der Waals surface area contributed by atoms with E-state index in [1.54, 1.807) is 12.1 Å². The number of carbonyl (C=O) groups is 2. The van der Waals surface area contributed by atoms with Gasteiger partial charge < -0.3 is 15.4 Å². The Morgan fingerprint density at radius 3 is 2.30 bits per heavy atom. The number of ether oxygens (including phenoxy) is 1. The predicted octanol–water partition coefficient (Wildman–Crippen LogP) is 3.63. The topological polar surface area (TPSA) is 67.4 Å². The molecule has 2 amide bonds. The summed E-state index contributed by atoms with van der Waals surface area (Å²) >= 11 is 0. The quantitative estimate of drug-likeness (QED) is 0.722. The van der Waals surface area contributed by atoms with Crippen molar-refractivity contribution in [3.63, 3.8) is 0 Å². The molecule has 2 rings (SSSR count). The number of hydrogen-bond acceptors (Lipinski definition) is 3. The van der Waals surface area contributed by atoms with E-state index in [1.807, 2.05) is 13.8 Å². The highest BCUT2D eigenvalue weighted by molar-refractivity contribution is 5.88. The van der Waals surface area contributed by atoms with E-state index in [0.717, 1.165) is 31.2 Å². The Bertz CT molecular complexity index is 614. The van der Waals surface area contributed by atoms with Crippen LogP contribution in [0.2, 0.25) is 0 Å². The summed E-state index contributed by atoms with van der Waals surface area (Å²) in [6.07, 6.45) is 5.04. The van der Waals surface area contributed by atoms with Crippen molar-refractivity contribution in [1.82, 2.24) is 10.6 Å². The lowest BCUT2D eigenvalue weighted by atomic mass is 9.88. The molecule has 2 N–H and O–H groups in total. The Hall–Kier alpha value is -2.18. The highest BCUT2D eigenvalue weighted by atomic mass is 19.3. The van der Waals surface area contributed by atoms with Crippen molar-refractivity contribution in [2.45, 2.75) is 65.1 Å². The van der Waals surface area contributed by atoms with Crippen molar-refractivity contribution < 1.29 is 23.1 Å². The first kappa shape index (κ1) is 21.1. The van der Waals surface area contributed by atoms with Crippen LogP contribution in [-0.4, -0.2) is 24.5 Å². The molecule has 0 saturated heterocycles. The van der Waals surface area contributed by atoms with Gasteiger partial charge >= 0.3 is 6.61 Å². The lowest BCUT2D eigenvalue weighted by molar-refractivity contribution is -0.132. The summed E-state index contributed by atoms with van der Waals surface area (Å²) in [5.41, 5.74) is 0.756. The van der Waals surface area contributed by atoms with E-state index in [9.17, 15) is 18.4 Å². The molecular formula is C20H28F2N2O3. The first-order valence-corrected chi connectivity index (χ1v) is 9.48. The molecular weight excluding hydrogens is 354 g/mol. The zero-order chi connectivity index (χ0) is 19.8. The second-order valence-corrected chi connectivity index (χ2v) is 7.31. The largest absolute Gasteiger partial charge is 0.435 e. The molecule has 0 bridgehead atoms. The second-order valence-electron chi connectivity index (χ2n) is 7.31. The summed E-state index contributed by atoms with van der Waals surface area (Å²) in [6, 6.07) is 5.49. The average molecular weight is 382 g/mol. The molecule has 0 aromatic heterocycles. The molecule has 0 heterocycles. The number of amides is 2.